The maximum Gasteiger partial charge on any atom is 0.263 e. The van der Waals surface area contributed by atoms with E-state index in [1.165, 1.54) is 36.4 Å². The Balaban J connectivity index is 1.63. The summed E-state index contributed by atoms with van der Waals surface area (Å²) < 4.78 is 42.8. The summed E-state index contributed by atoms with van der Waals surface area (Å²) in [7, 11) is -2.28. The molecule has 9 nitrogen and oxygen atoms in total. The Morgan fingerprint density at radius 1 is 1.12 bits per heavy atom. The smallest absolute Gasteiger partial charge is 0.263 e. The molecule has 0 fully saturated rings. The molecule has 1 amide bonds. The number of rotatable bonds is 9. The highest BCUT2D eigenvalue weighted by molar-refractivity contribution is 7.92. The van der Waals surface area contributed by atoms with Crippen molar-refractivity contribution in [3.05, 3.63) is 65.9 Å². The van der Waals surface area contributed by atoms with Gasteiger partial charge in [0.25, 0.3) is 10.0 Å². The van der Waals surface area contributed by atoms with Crippen LogP contribution < -0.4 is 19.5 Å². The molecule has 0 spiro atoms. The third kappa shape index (κ3) is 5.88. The van der Waals surface area contributed by atoms with Crippen molar-refractivity contribution in [1.29, 1.82) is 0 Å². The van der Waals surface area contributed by atoms with E-state index in [0.29, 0.717) is 29.6 Å². The topological polar surface area (TPSA) is 120 Å². The summed E-state index contributed by atoms with van der Waals surface area (Å²) in [5.74, 6) is 1.40. The van der Waals surface area contributed by atoms with Crippen molar-refractivity contribution in [2.24, 2.45) is 0 Å². The lowest BCUT2D eigenvalue weighted by atomic mass is 10.2. The van der Waals surface area contributed by atoms with Crippen LogP contribution >= 0.6 is 0 Å². The van der Waals surface area contributed by atoms with E-state index in [0.717, 1.165) is 5.56 Å². The number of aryl methyl sites for hydroxylation is 1. The van der Waals surface area contributed by atoms with Gasteiger partial charge in [0, 0.05) is 17.8 Å². The van der Waals surface area contributed by atoms with E-state index in [1.54, 1.807) is 38.3 Å². The Kier molecular flexibility index (Phi) is 7.16. The number of methoxy groups -OCH3 is 1. The number of amides is 1. The standard InChI is InChI=1S/C22H23N3O6S/c1-4-30-19-11-5-16(14-20(19)29-3)6-12-22(26)23-17-7-9-18(10-8-17)32(27,28)25-21-13-15(2)31-24-21/h5-14H,4H2,1-3H3,(H,23,26)(H,24,25)/b12-6+. The summed E-state index contributed by atoms with van der Waals surface area (Å²) in [4.78, 5) is 12.3. The molecule has 0 aliphatic rings. The van der Waals surface area contributed by atoms with Crippen molar-refractivity contribution in [2.75, 3.05) is 23.8 Å². The lowest BCUT2D eigenvalue weighted by Crippen LogP contribution is -2.13. The molecule has 3 rings (SSSR count). The van der Waals surface area contributed by atoms with Crippen LogP contribution in [0.1, 0.15) is 18.2 Å². The Morgan fingerprint density at radius 2 is 1.88 bits per heavy atom. The number of aromatic nitrogens is 1. The fraction of sp³-hybridized carbons (Fsp3) is 0.182. The molecule has 0 saturated carbocycles. The lowest BCUT2D eigenvalue weighted by molar-refractivity contribution is -0.111. The van der Waals surface area contributed by atoms with Gasteiger partial charge in [-0.15, -0.1) is 0 Å². The van der Waals surface area contributed by atoms with Crippen molar-refractivity contribution >= 4 is 33.5 Å². The Bertz CT molecular complexity index is 1220. The number of carbonyl (C=O) groups is 1. The number of nitrogens with one attached hydrogen (secondary N) is 2. The second-order valence-electron chi connectivity index (χ2n) is 6.62. The van der Waals surface area contributed by atoms with Gasteiger partial charge in [-0.3, -0.25) is 9.52 Å². The molecule has 10 heteroatoms. The summed E-state index contributed by atoms with van der Waals surface area (Å²) in [6.07, 6.45) is 3.00. The molecule has 3 aromatic rings. The van der Waals surface area contributed by atoms with Gasteiger partial charge in [-0.05, 0) is 61.9 Å². The van der Waals surface area contributed by atoms with Gasteiger partial charge in [0.1, 0.15) is 5.76 Å². The second-order valence-corrected chi connectivity index (χ2v) is 8.30. The zero-order valence-corrected chi connectivity index (χ0v) is 18.6. The fourth-order valence-electron chi connectivity index (χ4n) is 2.75. The quantitative estimate of drug-likeness (QED) is 0.468. The highest BCUT2D eigenvalue weighted by atomic mass is 32.2. The van der Waals surface area contributed by atoms with Gasteiger partial charge in [-0.2, -0.15) is 0 Å². The van der Waals surface area contributed by atoms with Crippen LogP contribution in [0.2, 0.25) is 0 Å². The predicted molar refractivity (Wildman–Crippen MR) is 120 cm³/mol. The fourth-order valence-corrected chi connectivity index (χ4v) is 3.73. The molecular formula is C22H23N3O6S. The molecule has 0 aliphatic heterocycles. The molecule has 168 valence electrons. The Hall–Kier alpha value is -3.79. The molecule has 1 heterocycles. The number of hydrogen-bond acceptors (Lipinski definition) is 7. The van der Waals surface area contributed by atoms with E-state index in [9.17, 15) is 13.2 Å². The minimum atomic E-state index is -3.83. The number of anilines is 2. The number of benzene rings is 2. The molecule has 1 aromatic heterocycles. The highest BCUT2D eigenvalue weighted by Crippen LogP contribution is 2.28. The second kappa shape index (κ2) is 10.0. The molecule has 0 unspecified atom stereocenters. The third-order valence-electron chi connectivity index (χ3n) is 4.21. The summed E-state index contributed by atoms with van der Waals surface area (Å²) in [6.45, 7) is 4.06. The highest BCUT2D eigenvalue weighted by Gasteiger charge is 2.16. The van der Waals surface area contributed by atoms with E-state index in [1.807, 2.05) is 6.92 Å². The molecule has 0 bridgehead atoms. The van der Waals surface area contributed by atoms with Crippen molar-refractivity contribution in [2.45, 2.75) is 18.7 Å². The third-order valence-corrected chi connectivity index (χ3v) is 5.58. The molecule has 0 saturated heterocycles. The number of sulfonamides is 1. The van der Waals surface area contributed by atoms with Crippen molar-refractivity contribution in [3.8, 4) is 11.5 Å². The number of nitrogens with zero attached hydrogens (tertiary/aromatic N) is 1. The van der Waals surface area contributed by atoms with Crippen molar-refractivity contribution in [3.63, 3.8) is 0 Å². The van der Waals surface area contributed by atoms with Gasteiger partial charge in [-0.1, -0.05) is 11.2 Å². The van der Waals surface area contributed by atoms with Gasteiger partial charge in [-0.25, -0.2) is 8.42 Å². The zero-order chi connectivity index (χ0) is 23.1. The summed E-state index contributed by atoms with van der Waals surface area (Å²) in [5, 5.41) is 6.29. The monoisotopic (exact) mass is 457 g/mol. The average molecular weight is 458 g/mol. The van der Waals surface area contributed by atoms with E-state index in [4.69, 9.17) is 14.0 Å². The normalized spacial score (nSPS) is 11.3. The first kappa shape index (κ1) is 22.9. The first-order valence-corrected chi connectivity index (χ1v) is 11.1. The molecule has 32 heavy (non-hydrogen) atoms. The van der Waals surface area contributed by atoms with Crippen LogP contribution in [0, 0.1) is 6.92 Å². The SMILES string of the molecule is CCOc1ccc(/C=C/C(=O)Nc2ccc(S(=O)(=O)Nc3cc(C)on3)cc2)cc1OC. The molecule has 2 N–H and O–H groups in total. The predicted octanol–water partition coefficient (Wildman–Crippen LogP) is 3.84. The van der Waals surface area contributed by atoms with Crippen LogP contribution in [-0.4, -0.2) is 33.2 Å². The molecular weight excluding hydrogens is 434 g/mol. The minimum absolute atomic E-state index is 0.0215. The summed E-state index contributed by atoms with van der Waals surface area (Å²) in [5.41, 5.74) is 1.20. The zero-order valence-electron chi connectivity index (χ0n) is 17.8. The van der Waals surface area contributed by atoms with Crippen molar-refractivity contribution in [1.82, 2.24) is 5.16 Å². The summed E-state index contributed by atoms with van der Waals surface area (Å²) >= 11 is 0. The van der Waals surface area contributed by atoms with Crippen molar-refractivity contribution < 1.29 is 27.2 Å². The van der Waals surface area contributed by atoms with Gasteiger partial charge in [0.2, 0.25) is 5.91 Å². The van der Waals surface area contributed by atoms with Crippen LogP contribution in [-0.2, 0) is 14.8 Å². The Labute approximate surface area is 186 Å². The van der Waals surface area contributed by atoms with Crippen LogP contribution in [0.25, 0.3) is 6.08 Å². The number of hydrogen-bond donors (Lipinski definition) is 2. The number of ether oxygens (including phenoxy) is 2. The van der Waals surface area contributed by atoms with Crippen LogP contribution in [0.4, 0.5) is 11.5 Å². The first-order chi connectivity index (χ1) is 15.3. The van der Waals surface area contributed by atoms with Gasteiger partial charge < -0.3 is 19.3 Å². The van der Waals surface area contributed by atoms with Crippen LogP contribution in [0.15, 0.2) is 64.0 Å². The lowest BCUT2D eigenvalue weighted by Gasteiger charge is -2.09. The average Bonchev–Trinajstić information content (AvgIpc) is 3.17. The first-order valence-electron chi connectivity index (χ1n) is 9.67. The molecule has 2 aromatic carbocycles. The maximum atomic E-state index is 12.4. The van der Waals surface area contributed by atoms with E-state index >= 15 is 0 Å². The van der Waals surface area contributed by atoms with Gasteiger partial charge >= 0.3 is 0 Å². The van der Waals surface area contributed by atoms with Gasteiger partial charge in [0.05, 0.1) is 18.6 Å². The van der Waals surface area contributed by atoms with Crippen LogP contribution in [0.5, 0.6) is 11.5 Å². The van der Waals surface area contributed by atoms with Crippen LogP contribution in [0.3, 0.4) is 0 Å². The molecule has 0 atom stereocenters. The van der Waals surface area contributed by atoms with Gasteiger partial charge in [0.15, 0.2) is 17.3 Å². The van der Waals surface area contributed by atoms with E-state index in [-0.39, 0.29) is 16.6 Å². The van der Waals surface area contributed by atoms with E-state index in [2.05, 4.69) is 15.2 Å². The number of carbonyl (C=O) groups excluding carboxylic acids is 1. The van der Waals surface area contributed by atoms with E-state index < -0.39 is 10.0 Å². The largest absolute Gasteiger partial charge is 0.493 e. The molecule has 0 radical (unpaired) electrons. The Morgan fingerprint density at radius 3 is 2.50 bits per heavy atom. The summed E-state index contributed by atoms with van der Waals surface area (Å²) in [6, 6.07) is 12.6. The molecule has 0 aliphatic carbocycles. The minimum Gasteiger partial charge on any atom is -0.493 e. The maximum absolute atomic E-state index is 12.4.